The predicted octanol–water partition coefficient (Wildman–Crippen LogP) is 1.81. The molecule has 2 saturated heterocycles. The molecular weight excluding hydrogens is 302 g/mol. The van der Waals surface area contributed by atoms with E-state index in [9.17, 15) is 13.2 Å². The third-order valence-electron chi connectivity index (χ3n) is 4.63. The van der Waals surface area contributed by atoms with Gasteiger partial charge in [-0.1, -0.05) is 6.42 Å². The highest BCUT2D eigenvalue weighted by atomic mass is 32.2. The van der Waals surface area contributed by atoms with Crippen LogP contribution >= 0.6 is 0 Å². The van der Waals surface area contributed by atoms with Crippen LogP contribution in [0.25, 0.3) is 0 Å². The van der Waals surface area contributed by atoms with Crippen molar-refractivity contribution in [3.63, 3.8) is 0 Å². The van der Waals surface area contributed by atoms with Crippen molar-refractivity contribution in [1.29, 1.82) is 0 Å². The Hall–Kier alpha value is -1.34. The van der Waals surface area contributed by atoms with Gasteiger partial charge in [0.1, 0.15) is 10.6 Å². The second kappa shape index (κ2) is 6.04. The molecule has 0 spiro atoms. The average molecular weight is 325 g/mol. The molecule has 2 aliphatic heterocycles. The van der Waals surface area contributed by atoms with Gasteiger partial charge in [-0.2, -0.15) is 4.31 Å². The molecule has 0 aromatic carbocycles. The number of hydrogen-bond acceptors (Lipinski definition) is 3. The van der Waals surface area contributed by atoms with Gasteiger partial charge < -0.3 is 9.88 Å². The predicted molar refractivity (Wildman–Crippen MR) is 83.1 cm³/mol. The third-order valence-corrected chi connectivity index (χ3v) is 6.62. The highest BCUT2D eigenvalue weighted by Gasteiger charge is 2.32. The summed E-state index contributed by atoms with van der Waals surface area (Å²) in [6.45, 7) is 4.01. The summed E-state index contributed by atoms with van der Waals surface area (Å²) in [6.07, 6.45) is 6.33. The van der Waals surface area contributed by atoms with Crippen LogP contribution < -0.4 is 0 Å². The van der Waals surface area contributed by atoms with Gasteiger partial charge >= 0.3 is 0 Å². The monoisotopic (exact) mass is 325 g/mol. The lowest BCUT2D eigenvalue weighted by Crippen LogP contribution is -2.41. The first kappa shape index (κ1) is 15.6. The van der Waals surface area contributed by atoms with Crippen molar-refractivity contribution in [3.05, 3.63) is 18.0 Å². The maximum atomic E-state index is 12.7. The number of rotatable bonds is 3. The van der Waals surface area contributed by atoms with Gasteiger partial charge in [0.15, 0.2) is 0 Å². The van der Waals surface area contributed by atoms with Gasteiger partial charge in [0.2, 0.25) is 10.0 Å². The van der Waals surface area contributed by atoms with Crippen LogP contribution in [0.4, 0.5) is 0 Å². The van der Waals surface area contributed by atoms with E-state index in [-0.39, 0.29) is 16.8 Å². The summed E-state index contributed by atoms with van der Waals surface area (Å²) in [5.41, 5.74) is 0.366. The summed E-state index contributed by atoms with van der Waals surface area (Å²) < 4.78 is 27.0. The quantitative estimate of drug-likeness (QED) is 0.921. The van der Waals surface area contributed by atoms with Crippen molar-refractivity contribution >= 4 is 15.9 Å². The van der Waals surface area contributed by atoms with Crippen molar-refractivity contribution in [2.45, 2.75) is 50.0 Å². The molecule has 6 nitrogen and oxygen atoms in total. The van der Waals surface area contributed by atoms with Crippen LogP contribution in [0.2, 0.25) is 0 Å². The largest absolute Gasteiger partial charge is 0.356 e. The second-order valence-electron chi connectivity index (χ2n) is 6.21. The Morgan fingerprint density at radius 3 is 2.55 bits per heavy atom. The van der Waals surface area contributed by atoms with E-state index in [0.717, 1.165) is 45.2 Å². The molecule has 0 saturated carbocycles. The number of carbonyl (C=O) groups is 1. The number of carbonyl (C=O) groups excluding carboxylic acids is 1. The topological polar surface area (TPSA) is 73.5 Å². The van der Waals surface area contributed by atoms with Crippen molar-refractivity contribution in [1.82, 2.24) is 14.2 Å². The Bertz CT molecular complexity index is 647. The minimum absolute atomic E-state index is 0.0198. The molecule has 1 aromatic rings. The van der Waals surface area contributed by atoms with Crippen LogP contribution in [0.5, 0.6) is 0 Å². The van der Waals surface area contributed by atoms with E-state index in [4.69, 9.17) is 0 Å². The Kier molecular flexibility index (Phi) is 4.27. The number of aromatic nitrogens is 1. The molecule has 1 atom stereocenters. The summed E-state index contributed by atoms with van der Waals surface area (Å²) in [5.74, 6) is -0.106. The first-order valence-electron chi connectivity index (χ1n) is 7.99. The Labute approximate surface area is 131 Å². The van der Waals surface area contributed by atoms with Gasteiger partial charge in [-0.25, -0.2) is 8.42 Å². The summed E-state index contributed by atoms with van der Waals surface area (Å²) in [5, 5.41) is 0. The van der Waals surface area contributed by atoms with Gasteiger partial charge in [0.25, 0.3) is 5.91 Å². The molecule has 1 aromatic heterocycles. The maximum Gasteiger partial charge on any atom is 0.270 e. The zero-order valence-corrected chi connectivity index (χ0v) is 13.7. The summed E-state index contributed by atoms with van der Waals surface area (Å²) in [6, 6.07) is 1.50. The molecule has 0 radical (unpaired) electrons. The van der Waals surface area contributed by atoms with E-state index in [1.54, 1.807) is 9.21 Å². The molecule has 3 rings (SSSR count). The number of hydrogen-bond donors (Lipinski definition) is 1. The summed E-state index contributed by atoms with van der Waals surface area (Å²) in [4.78, 5) is 17.1. The SMILES string of the molecule is CC1CCCCN1S(=O)(=O)c1c[nH]c(C(=O)N2CCCC2)c1. The molecular formula is C15H23N3O3S. The fourth-order valence-corrected chi connectivity index (χ4v) is 5.00. The van der Waals surface area contributed by atoms with Crippen LogP contribution in [0.1, 0.15) is 49.5 Å². The van der Waals surface area contributed by atoms with E-state index in [0.29, 0.717) is 12.2 Å². The highest BCUT2D eigenvalue weighted by Crippen LogP contribution is 2.26. The van der Waals surface area contributed by atoms with Gasteiger partial charge in [0, 0.05) is 31.9 Å². The van der Waals surface area contributed by atoms with E-state index in [2.05, 4.69) is 4.98 Å². The van der Waals surface area contributed by atoms with Crippen LogP contribution in [-0.2, 0) is 10.0 Å². The summed E-state index contributed by atoms with van der Waals surface area (Å²) in [7, 11) is -3.52. The highest BCUT2D eigenvalue weighted by molar-refractivity contribution is 7.89. The normalized spacial score (nSPS) is 23.9. The van der Waals surface area contributed by atoms with Gasteiger partial charge in [0.05, 0.1) is 0 Å². The van der Waals surface area contributed by atoms with E-state index in [1.807, 2.05) is 6.92 Å². The van der Waals surface area contributed by atoms with Crippen molar-refractivity contribution in [2.75, 3.05) is 19.6 Å². The molecule has 2 aliphatic rings. The van der Waals surface area contributed by atoms with Crippen LogP contribution in [0.15, 0.2) is 17.2 Å². The lowest BCUT2D eigenvalue weighted by atomic mass is 10.1. The number of nitrogens with zero attached hydrogens (tertiary/aromatic N) is 2. The Morgan fingerprint density at radius 2 is 1.86 bits per heavy atom. The molecule has 0 bridgehead atoms. The first-order valence-corrected chi connectivity index (χ1v) is 9.44. The molecule has 3 heterocycles. The van der Waals surface area contributed by atoms with E-state index < -0.39 is 10.0 Å². The second-order valence-corrected chi connectivity index (χ2v) is 8.10. The Morgan fingerprint density at radius 1 is 1.18 bits per heavy atom. The zero-order valence-electron chi connectivity index (χ0n) is 12.9. The smallest absolute Gasteiger partial charge is 0.270 e. The zero-order chi connectivity index (χ0) is 15.7. The van der Waals surface area contributed by atoms with Gasteiger partial charge in [-0.3, -0.25) is 4.79 Å². The molecule has 1 unspecified atom stereocenters. The third kappa shape index (κ3) is 2.79. The molecule has 22 heavy (non-hydrogen) atoms. The number of likely N-dealkylation sites (tertiary alicyclic amines) is 1. The molecule has 1 N–H and O–H groups in total. The minimum atomic E-state index is -3.52. The number of aromatic amines is 1. The molecule has 122 valence electrons. The average Bonchev–Trinajstić information content (AvgIpc) is 3.19. The lowest BCUT2D eigenvalue weighted by Gasteiger charge is -2.31. The number of piperidine rings is 1. The van der Waals surface area contributed by atoms with E-state index >= 15 is 0 Å². The number of sulfonamides is 1. The maximum absolute atomic E-state index is 12.7. The number of H-pyrrole nitrogens is 1. The first-order chi connectivity index (χ1) is 10.5. The minimum Gasteiger partial charge on any atom is -0.356 e. The Balaban J connectivity index is 1.81. The van der Waals surface area contributed by atoms with Crippen molar-refractivity contribution < 1.29 is 13.2 Å². The lowest BCUT2D eigenvalue weighted by molar-refractivity contribution is 0.0787. The van der Waals surface area contributed by atoms with Gasteiger partial charge in [-0.15, -0.1) is 0 Å². The summed E-state index contributed by atoms with van der Waals surface area (Å²) >= 11 is 0. The molecule has 2 fully saturated rings. The fourth-order valence-electron chi connectivity index (χ4n) is 3.30. The van der Waals surface area contributed by atoms with Crippen LogP contribution in [0, 0.1) is 0 Å². The van der Waals surface area contributed by atoms with Crippen molar-refractivity contribution in [3.8, 4) is 0 Å². The van der Waals surface area contributed by atoms with Gasteiger partial charge in [-0.05, 0) is 38.7 Å². The molecule has 7 heteroatoms. The van der Waals surface area contributed by atoms with Crippen LogP contribution in [0.3, 0.4) is 0 Å². The number of nitrogens with one attached hydrogen (secondary N) is 1. The van der Waals surface area contributed by atoms with Crippen molar-refractivity contribution in [2.24, 2.45) is 0 Å². The number of amides is 1. The van der Waals surface area contributed by atoms with Crippen LogP contribution in [-0.4, -0.2) is 54.2 Å². The van der Waals surface area contributed by atoms with E-state index in [1.165, 1.54) is 12.3 Å². The fraction of sp³-hybridized carbons (Fsp3) is 0.667. The standard InChI is InChI=1S/C15H23N3O3S/c1-12-6-2-3-9-18(12)22(20,21)13-10-14(16-11-13)15(19)17-7-4-5-8-17/h10-12,16H,2-9H2,1H3. The molecule has 1 amide bonds. The molecule has 0 aliphatic carbocycles.